The summed E-state index contributed by atoms with van der Waals surface area (Å²) in [5.74, 6) is 2.06. The molecule has 0 unspecified atom stereocenters. The Morgan fingerprint density at radius 1 is 1.09 bits per heavy atom. The van der Waals surface area contributed by atoms with Gasteiger partial charge in [-0.3, -0.25) is 15.0 Å². The third-order valence-corrected chi connectivity index (χ3v) is 6.00. The number of anilines is 1. The molecule has 8 heteroatoms. The second-order valence-electron chi connectivity index (χ2n) is 7.48. The first-order valence-corrected chi connectivity index (χ1v) is 11.5. The molecule has 1 N–H and O–H groups in total. The number of rotatable bonds is 9. The van der Waals surface area contributed by atoms with Crippen LogP contribution in [0.25, 0.3) is 0 Å². The highest BCUT2D eigenvalue weighted by Gasteiger charge is 2.18. The van der Waals surface area contributed by atoms with E-state index >= 15 is 0 Å². The summed E-state index contributed by atoms with van der Waals surface area (Å²) in [5, 5.41) is 5.39. The van der Waals surface area contributed by atoms with Crippen molar-refractivity contribution in [3.8, 4) is 17.2 Å². The summed E-state index contributed by atoms with van der Waals surface area (Å²) in [6.07, 6.45) is 0.989. The van der Waals surface area contributed by atoms with E-state index in [1.807, 2.05) is 30.5 Å². The van der Waals surface area contributed by atoms with Gasteiger partial charge in [0.15, 0.2) is 11.7 Å². The summed E-state index contributed by atoms with van der Waals surface area (Å²) < 4.78 is 16.3. The van der Waals surface area contributed by atoms with Gasteiger partial charge in [0.05, 0.1) is 19.4 Å². The number of hydrogen-bond donors (Lipinski definition) is 1. The lowest BCUT2D eigenvalue weighted by atomic mass is 9.99. The van der Waals surface area contributed by atoms with Gasteiger partial charge in [-0.2, -0.15) is 0 Å². The number of nitrogens with zero attached hydrogens (tertiary/aromatic N) is 2. The van der Waals surface area contributed by atoms with E-state index in [1.54, 1.807) is 19.2 Å². The van der Waals surface area contributed by atoms with Crippen molar-refractivity contribution in [3.05, 3.63) is 64.7 Å². The third kappa shape index (κ3) is 5.77. The predicted molar refractivity (Wildman–Crippen MR) is 125 cm³/mol. The Bertz CT molecular complexity index is 1050. The minimum absolute atomic E-state index is 0.0741. The van der Waals surface area contributed by atoms with Crippen molar-refractivity contribution in [1.29, 1.82) is 0 Å². The molecule has 168 valence electrons. The summed E-state index contributed by atoms with van der Waals surface area (Å²) in [5.41, 5.74) is 3.63. The molecule has 7 nitrogen and oxygen atoms in total. The molecular formula is C24H27N3O4S. The maximum absolute atomic E-state index is 12.2. The summed E-state index contributed by atoms with van der Waals surface area (Å²) in [7, 11) is 1.70. The second kappa shape index (κ2) is 10.5. The molecule has 3 aromatic rings. The minimum Gasteiger partial charge on any atom is -0.497 e. The molecule has 2 aromatic carbocycles. The van der Waals surface area contributed by atoms with Crippen LogP contribution in [-0.2, 0) is 24.3 Å². The van der Waals surface area contributed by atoms with E-state index in [9.17, 15) is 4.79 Å². The average Bonchev–Trinajstić information content (AvgIpc) is 3.25. The molecule has 4 rings (SSSR count). The van der Waals surface area contributed by atoms with Gasteiger partial charge < -0.3 is 14.2 Å². The number of methoxy groups -OCH3 is 1. The molecule has 1 aliphatic rings. The van der Waals surface area contributed by atoms with Gasteiger partial charge in [-0.1, -0.05) is 6.07 Å². The van der Waals surface area contributed by atoms with Crippen LogP contribution in [0.3, 0.4) is 0 Å². The topological polar surface area (TPSA) is 72.9 Å². The van der Waals surface area contributed by atoms with Gasteiger partial charge in [0.25, 0.3) is 5.91 Å². The van der Waals surface area contributed by atoms with Crippen LogP contribution < -0.4 is 19.5 Å². The fourth-order valence-corrected chi connectivity index (χ4v) is 4.34. The Balaban J connectivity index is 1.25. The number of carbonyl (C=O) groups excluding carboxylic acids is 1. The maximum Gasteiger partial charge on any atom is 0.264 e. The molecule has 1 amide bonds. The van der Waals surface area contributed by atoms with E-state index in [4.69, 9.17) is 14.2 Å². The van der Waals surface area contributed by atoms with Crippen LogP contribution in [0, 0.1) is 0 Å². The van der Waals surface area contributed by atoms with Crippen LogP contribution in [0.4, 0.5) is 5.13 Å². The van der Waals surface area contributed by atoms with Crippen molar-refractivity contribution in [2.75, 3.05) is 32.2 Å². The molecule has 0 saturated carbocycles. The van der Waals surface area contributed by atoms with Gasteiger partial charge >= 0.3 is 0 Å². The average molecular weight is 454 g/mol. The molecule has 1 aliphatic heterocycles. The van der Waals surface area contributed by atoms with E-state index in [0.717, 1.165) is 43.2 Å². The first kappa shape index (κ1) is 22.1. The Hall–Kier alpha value is -3.10. The van der Waals surface area contributed by atoms with Crippen molar-refractivity contribution in [2.24, 2.45) is 0 Å². The Labute approximate surface area is 191 Å². The van der Waals surface area contributed by atoms with E-state index < -0.39 is 0 Å². The van der Waals surface area contributed by atoms with Crippen molar-refractivity contribution in [3.63, 3.8) is 0 Å². The fraction of sp³-hybridized carbons (Fsp3) is 0.333. The van der Waals surface area contributed by atoms with Crippen molar-refractivity contribution in [1.82, 2.24) is 9.88 Å². The number of fused-ring (bicyclic) bond motifs is 1. The normalized spacial score (nSPS) is 13.3. The lowest BCUT2D eigenvalue weighted by molar-refractivity contribution is -0.118. The molecule has 0 aliphatic carbocycles. The largest absolute Gasteiger partial charge is 0.497 e. The number of carbonyl (C=O) groups is 1. The van der Waals surface area contributed by atoms with Gasteiger partial charge in [-0.15, -0.1) is 11.3 Å². The van der Waals surface area contributed by atoms with Crippen molar-refractivity contribution < 1.29 is 19.0 Å². The van der Waals surface area contributed by atoms with Crippen LogP contribution in [0.5, 0.6) is 17.2 Å². The van der Waals surface area contributed by atoms with Crippen molar-refractivity contribution in [2.45, 2.75) is 26.4 Å². The monoisotopic (exact) mass is 453 g/mol. The molecular weight excluding hydrogens is 426 g/mol. The Morgan fingerprint density at radius 3 is 2.59 bits per heavy atom. The van der Waals surface area contributed by atoms with Crippen LogP contribution in [0.15, 0.2) is 47.8 Å². The second-order valence-corrected chi connectivity index (χ2v) is 8.34. The van der Waals surface area contributed by atoms with Crippen LogP contribution in [0.2, 0.25) is 0 Å². The molecule has 0 saturated heterocycles. The Morgan fingerprint density at radius 2 is 1.84 bits per heavy atom. The smallest absolute Gasteiger partial charge is 0.264 e. The minimum atomic E-state index is -0.236. The van der Waals surface area contributed by atoms with E-state index in [2.05, 4.69) is 27.3 Å². The highest BCUT2D eigenvalue weighted by molar-refractivity contribution is 7.13. The van der Waals surface area contributed by atoms with Gasteiger partial charge in [0, 0.05) is 25.0 Å². The lowest BCUT2D eigenvalue weighted by Gasteiger charge is -2.28. The highest BCUT2D eigenvalue weighted by Crippen LogP contribution is 2.25. The quantitative estimate of drug-likeness (QED) is 0.525. The van der Waals surface area contributed by atoms with E-state index in [0.29, 0.717) is 17.5 Å². The number of aromatic nitrogens is 1. The van der Waals surface area contributed by atoms with Crippen LogP contribution >= 0.6 is 11.3 Å². The molecule has 0 bridgehead atoms. The Kier molecular flexibility index (Phi) is 7.24. The standard InChI is InChI=1S/C24H27N3O4S/c1-3-30-20-6-8-21(9-7-20)31-15-23(28)26-24-25-19(16-32-24)14-27-11-10-17-12-22(29-2)5-4-18(17)13-27/h4-9,12,16H,3,10-11,13-15H2,1-2H3,(H,25,26,28). The van der Waals surface area contributed by atoms with Crippen molar-refractivity contribution >= 4 is 22.4 Å². The molecule has 1 aromatic heterocycles. The lowest BCUT2D eigenvalue weighted by Crippen LogP contribution is -2.30. The summed E-state index contributed by atoms with van der Waals surface area (Å²) in [6, 6.07) is 13.5. The first-order chi connectivity index (χ1) is 15.6. The third-order valence-electron chi connectivity index (χ3n) is 5.19. The molecule has 0 radical (unpaired) electrons. The summed E-state index contributed by atoms with van der Waals surface area (Å²) in [6.45, 7) is 5.07. The maximum atomic E-state index is 12.2. The molecule has 0 spiro atoms. The summed E-state index contributed by atoms with van der Waals surface area (Å²) in [4.78, 5) is 19.2. The van der Waals surface area contributed by atoms with E-state index in [-0.39, 0.29) is 12.5 Å². The van der Waals surface area contributed by atoms with Crippen LogP contribution in [-0.4, -0.2) is 42.7 Å². The number of benzene rings is 2. The van der Waals surface area contributed by atoms with Gasteiger partial charge in [-0.05, 0) is 60.9 Å². The number of thiazole rings is 1. The predicted octanol–water partition coefficient (Wildman–Crippen LogP) is 4.13. The highest BCUT2D eigenvalue weighted by atomic mass is 32.1. The SMILES string of the molecule is CCOc1ccc(OCC(=O)Nc2nc(CN3CCc4cc(OC)ccc4C3)cs2)cc1. The molecule has 0 atom stereocenters. The van der Waals surface area contributed by atoms with Gasteiger partial charge in [0.2, 0.25) is 0 Å². The molecule has 2 heterocycles. The zero-order chi connectivity index (χ0) is 22.3. The fourth-order valence-electron chi connectivity index (χ4n) is 3.62. The van der Waals surface area contributed by atoms with Gasteiger partial charge in [0.1, 0.15) is 17.2 Å². The first-order valence-electron chi connectivity index (χ1n) is 10.6. The van der Waals surface area contributed by atoms with E-state index in [1.165, 1.54) is 22.5 Å². The number of nitrogens with one attached hydrogen (secondary N) is 1. The molecule has 0 fully saturated rings. The van der Waals surface area contributed by atoms with Gasteiger partial charge in [-0.25, -0.2) is 4.98 Å². The molecule has 32 heavy (non-hydrogen) atoms. The number of ether oxygens (including phenoxy) is 3. The summed E-state index contributed by atoms with van der Waals surface area (Å²) >= 11 is 1.43. The zero-order valence-electron chi connectivity index (χ0n) is 18.3. The van der Waals surface area contributed by atoms with Crippen LogP contribution in [0.1, 0.15) is 23.7 Å². The zero-order valence-corrected chi connectivity index (χ0v) is 19.1. The number of hydrogen-bond acceptors (Lipinski definition) is 7. The number of amides is 1.